The molecule has 2 aromatic heterocycles. The lowest BCUT2D eigenvalue weighted by atomic mass is 10.1. The molecule has 1 atom stereocenters. The zero-order valence-corrected chi connectivity index (χ0v) is 19.4. The molecule has 0 radical (unpaired) electrons. The first-order valence-electron chi connectivity index (χ1n) is 11.0. The Balaban J connectivity index is 1.51. The monoisotopic (exact) mass is 447 g/mol. The maximum atomic E-state index is 13.5. The number of nitrogens with zero attached hydrogens (tertiary/aromatic N) is 4. The van der Waals surface area contributed by atoms with Gasteiger partial charge in [-0.25, -0.2) is 9.97 Å². The van der Waals surface area contributed by atoms with E-state index in [-0.39, 0.29) is 11.9 Å². The molecule has 1 fully saturated rings. The van der Waals surface area contributed by atoms with Crippen molar-refractivity contribution in [3.8, 4) is 11.5 Å². The maximum Gasteiger partial charge on any atom is 0.266 e. The Morgan fingerprint density at radius 2 is 1.91 bits per heavy atom. The number of anilines is 2. The Morgan fingerprint density at radius 3 is 2.64 bits per heavy atom. The summed E-state index contributed by atoms with van der Waals surface area (Å²) in [4.78, 5) is 28.8. The molecule has 1 saturated heterocycles. The fourth-order valence-corrected chi connectivity index (χ4v) is 3.98. The van der Waals surface area contributed by atoms with E-state index in [1.54, 1.807) is 51.7 Å². The number of benzene rings is 1. The predicted octanol–water partition coefficient (Wildman–Crippen LogP) is 4.45. The molecule has 8 nitrogen and oxygen atoms in total. The topological polar surface area (TPSA) is 89.5 Å². The van der Waals surface area contributed by atoms with Crippen LogP contribution in [0.5, 0.6) is 11.5 Å². The van der Waals surface area contributed by atoms with Crippen LogP contribution >= 0.6 is 0 Å². The second kappa shape index (κ2) is 9.44. The van der Waals surface area contributed by atoms with E-state index >= 15 is 0 Å². The molecule has 1 aromatic carbocycles. The predicted molar refractivity (Wildman–Crippen MR) is 126 cm³/mol. The molecular weight excluding hydrogens is 418 g/mol. The molecule has 3 aromatic rings. The van der Waals surface area contributed by atoms with Crippen LogP contribution in [0.1, 0.15) is 44.0 Å². The number of pyridine rings is 1. The van der Waals surface area contributed by atoms with E-state index in [4.69, 9.17) is 14.5 Å². The fourth-order valence-electron chi connectivity index (χ4n) is 3.98. The third-order valence-corrected chi connectivity index (χ3v) is 5.71. The van der Waals surface area contributed by atoms with Crippen molar-refractivity contribution < 1.29 is 14.3 Å². The Hall–Kier alpha value is -3.68. The van der Waals surface area contributed by atoms with E-state index in [9.17, 15) is 4.79 Å². The van der Waals surface area contributed by atoms with E-state index in [0.29, 0.717) is 18.1 Å². The van der Waals surface area contributed by atoms with Gasteiger partial charge in [-0.1, -0.05) is 6.07 Å². The van der Waals surface area contributed by atoms with Gasteiger partial charge in [0.15, 0.2) is 5.60 Å². The van der Waals surface area contributed by atoms with Gasteiger partial charge >= 0.3 is 0 Å². The van der Waals surface area contributed by atoms with E-state index in [1.165, 1.54) is 0 Å². The summed E-state index contributed by atoms with van der Waals surface area (Å²) >= 11 is 0. The number of likely N-dealkylation sites (tertiary alicyclic amines) is 1. The number of carbonyl (C=O) groups excluding carboxylic acids is 1. The minimum Gasteiger partial charge on any atom is -0.497 e. The summed E-state index contributed by atoms with van der Waals surface area (Å²) in [7, 11) is 1.61. The van der Waals surface area contributed by atoms with Crippen LogP contribution in [0.4, 0.5) is 11.6 Å². The molecule has 0 unspecified atom stereocenters. The SMILES string of the molecule is COc1ccc(OC(C)(C)C(=O)N2CCC[C@H]2c2cncc(Nc3ncccc3C)n2)cc1. The fraction of sp³-hybridized carbons (Fsp3) is 0.360. The summed E-state index contributed by atoms with van der Waals surface area (Å²) in [6.45, 7) is 6.22. The number of aromatic nitrogens is 3. The minimum absolute atomic E-state index is 0.0819. The molecule has 0 saturated carbocycles. The van der Waals surface area contributed by atoms with Gasteiger partial charge in [-0.2, -0.15) is 0 Å². The molecule has 1 aliphatic rings. The normalized spacial score (nSPS) is 15.9. The van der Waals surface area contributed by atoms with Gasteiger partial charge in [-0.15, -0.1) is 0 Å². The molecule has 1 N–H and O–H groups in total. The summed E-state index contributed by atoms with van der Waals surface area (Å²) in [6.07, 6.45) is 6.84. The summed E-state index contributed by atoms with van der Waals surface area (Å²) < 4.78 is 11.3. The minimum atomic E-state index is -1.04. The first-order valence-corrected chi connectivity index (χ1v) is 11.0. The number of hydrogen-bond donors (Lipinski definition) is 1. The van der Waals surface area contributed by atoms with Crippen molar-refractivity contribution in [2.45, 2.75) is 45.3 Å². The molecule has 3 heterocycles. The van der Waals surface area contributed by atoms with Gasteiger partial charge < -0.3 is 19.7 Å². The van der Waals surface area contributed by atoms with Crippen molar-refractivity contribution in [1.29, 1.82) is 0 Å². The Labute approximate surface area is 194 Å². The van der Waals surface area contributed by atoms with Crippen molar-refractivity contribution in [3.63, 3.8) is 0 Å². The number of amides is 1. The molecular formula is C25H29N5O3. The number of ether oxygens (including phenoxy) is 2. The van der Waals surface area contributed by atoms with Crippen LogP contribution in [0.2, 0.25) is 0 Å². The highest BCUT2D eigenvalue weighted by atomic mass is 16.5. The molecule has 33 heavy (non-hydrogen) atoms. The standard InChI is InChI=1S/C25H29N5O3/c1-17-7-5-13-27-23(17)29-22-16-26-15-20(28-22)21-8-6-14-30(21)24(31)25(2,3)33-19-11-9-18(32-4)10-12-19/h5,7,9-13,15-16,21H,6,8,14H2,1-4H3,(H,27,28,29)/t21-/m0/s1. The molecule has 1 aliphatic heterocycles. The number of carbonyl (C=O) groups is 1. The summed E-state index contributed by atoms with van der Waals surface area (Å²) in [5, 5.41) is 3.23. The largest absolute Gasteiger partial charge is 0.497 e. The lowest BCUT2D eigenvalue weighted by Gasteiger charge is -2.33. The van der Waals surface area contributed by atoms with Crippen molar-refractivity contribution in [2.75, 3.05) is 19.0 Å². The van der Waals surface area contributed by atoms with E-state index < -0.39 is 5.60 Å². The Morgan fingerprint density at radius 1 is 1.15 bits per heavy atom. The number of methoxy groups -OCH3 is 1. The number of aryl methyl sites for hydroxylation is 1. The van der Waals surface area contributed by atoms with Gasteiger partial charge in [0, 0.05) is 12.7 Å². The second-order valence-corrected chi connectivity index (χ2v) is 8.57. The lowest BCUT2D eigenvalue weighted by molar-refractivity contribution is -0.146. The third kappa shape index (κ3) is 5.05. The first-order chi connectivity index (χ1) is 15.9. The molecule has 0 bridgehead atoms. The van der Waals surface area contributed by atoms with Gasteiger partial charge in [0.1, 0.15) is 23.1 Å². The molecule has 172 valence electrons. The Kier molecular flexibility index (Phi) is 6.44. The zero-order valence-electron chi connectivity index (χ0n) is 19.4. The third-order valence-electron chi connectivity index (χ3n) is 5.71. The van der Waals surface area contributed by atoms with Crippen LogP contribution < -0.4 is 14.8 Å². The van der Waals surface area contributed by atoms with Crippen LogP contribution in [0, 0.1) is 6.92 Å². The van der Waals surface area contributed by atoms with Crippen molar-refractivity contribution in [2.24, 2.45) is 0 Å². The van der Waals surface area contributed by atoms with Crippen LogP contribution in [0.3, 0.4) is 0 Å². The van der Waals surface area contributed by atoms with Gasteiger partial charge in [-0.05, 0) is 69.5 Å². The zero-order chi connectivity index (χ0) is 23.4. The van der Waals surface area contributed by atoms with Crippen molar-refractivity contribution >= 4 is 17.5 Å². The van der Waals surface area contributed by atoms with Crippen molar-refractivity contribution in [3.05, 3.63) is 66.2 Å². The molecule has 1 amide bonds. The quantitative estimate of drug-likeness (QED) is 0.572. The van der Waals surface area contributed by atoms with Crippen LogP contribution in [-0.2, 0) is 4.79 Å². The molecule has 4 rings (SSSR count). The smallest absolute Gasteiger partial charge is 0.266 e. The average molecular weight is 448 g/mol. The highest BCUT2D eigenvalue weighted by molar-refractivity contribution is 5.85. The second-order valence-electron chi connectivity index (χ2n) is 8.57. The first kappa shape index (κ1) is 22.5. The molecule has 8 heteroatoms. The van der Waals surface area contributed by atoms with Gasteiger partial charge in [-0.3, -0.25) is 9.78 Å². The molecule has 0 aliphatic carbocycles. The average Bonchev–Trinajstić information content (AvgIpc) is 3.30. The van der Waals surface area contributed by atoms with Crippen LogP contribution in [0.15, 0.2) is 55.0 Å². The van der Waals surface area contributed by atoms with Crippen molar-refractivity contribution in [1.82, 2.24) is 19.9 Å². The van der Waals surface area contributed by atoms with E-state index in [0.717, 1.165) is 35.7 Å². The summed E-state index contributed by atoms with van der Waals surface area (Å²) in [5.41, 5.74) is 0.727. The maximum absolute atomic E-state index is 13.5. The number of nitrogens with one attached hydrogen (secondary N) is 1. The highest BCUT2D eigenvalue weighted by Crippen LogP contribution is 2.34. The van der Waals surface area contributed by atoms with Gasteiger partial charge in [0.2, 0.25) is 0 Å². The Bertz CT molecular complexity index is 1120. The van der Waals surface area contributed by atoms with Crippen LogP contribution in [-0.4, -0.2) is 45.0 Å². The van der Waals surface area contributed by atoms with E-state index in [1.807, 2.05) is 36.1 Å². The van der Waals surface area contributed by atoms with E-state index in [2.05, 4.69) is 15.3 Å². The summed E-state index contributed by atoms with van der Waals surface area (Å²) in [5.74, 6) is 2.60. The molecule has 0 spiro atoms. The highest BCUT2D eigenvalue weighted by Gasteiger charge is 2.40. The summed E-state index contributed by atoms with van der Waals surface area (Å²) in [6, 6.07) is 10.9. The van der Waals surface area contributed by atoms with Crippen LogP contribution in [0.25, 0.3) is 0 Å². The van der Waals surface area contributed by atoms with Gasteiger partial charge in [0.05, 0.1) is 31.2 Å². The number of hydrogen-bond acceptors (Lipinski definition) is 7. The lowest BCUT2D eigenvalue weighted by Crippen LogP contribution is -2.48. The number of rotatable bonds is 7. The van der Waals surface area contributed by atoms with Gasteiger partial charge in [0.25, 0.3) is 5.91 Å².